The number of carbonyl (C=O) groups is 1. The van der Waals surface area contributed by atoms with Crippen molar-refractivity contribution in [2.24, 2.45) is 5.92 Å². The number of carboxylic acids is 1. The molecule has 0 saturated carbocycles. The molecule has 4 heteroatoms. The van der Waals surface area contributed by atoms with Crippen LogP contribution in [0, 0.1) is 11.7 Å². The second-order valence-electron chi connectivity index (χ2n) is 5.60. The van der Waals surface area contributed by atoms with Crippen molar-refractivity contribution in [3.8, 4) is 0 Å². The van der Waals surface area contributed by atoms with Gasteiger partial charge in [-0.1, -0.05) is 32.9 Å². The van der Waals surface area contributed by atoms with Crippen LogP contribution in [-0.2, 0) is 10.2 Å². The highest BCUT2D eigenvalue weighted by Crippen LogP contribution is 2.22. The Balaban J connectivity index is 2.45. The van der Waals surface area contributed by atoms with Crippen molar-refractivity contribution in [1.29, 1.82) is 0 Å². The van der Waals surface area contributed by atoms with E-state index in [0.717, 1.165) is 5.56 Å². The van der Waals surface area contributed by atoms with Crippen molar-refractivity contribution >= 4 is 5.97 Å². The zero-order valence-corrected chi connectivity index (χ0v) is 11.7. The number of nitrogens with one attached hydrogen (secondary N) is 1. The first-order valence-electron chi connectivity index (χ1n) is 6.52. The first kappa shape index (κ1) is 15.6. The van der Waals surface area contributed by atoms with Gasteiger partial charge in [0.2, 0.25) is 0 Å². The molecule has 0 aliphatic carbocycles. The molecule has 0 saturated heterocycles. The van der Waals surface area contributed by atoms with E-state index in [0.29, 0.717) is 19.5 Å². The number of hydrogen-bond acceptors (Lipinski definition) is 2. The molecule has 0 fully saturated rings. The van der Waals surface area contributed by atoms with Crippen molar-refractivity contribution in [3.05, 3.63) is 35.6 Å². The third-order valence-electron chi connectivity index (χ3n) is 3.35. The number of carboxylic acid groups (broad SMARTS) is 1. The lowest BCUT2D eigenvalue weighted by Gasteiger charge is -2.26. The minimum Gasteiger partial charge on any atom is -0.481 e. The Labute approximate surface area is 113 Å². The van der Waals surface area contributed by atoms with Crippen LogP contribution in [0.5, 0.6) is 0 Å². The van der Waals surface area contributed by atoms with Gasteiger partial charge in [0.15, 0.2) is 0 Å². The largest absolute Gasteiger partial charge is 0.481 e. The Hall–Kier alpha value is -1.42. The van der Waals surface area contributed by atoms with E-state index in [1.54, 1.807) is 19.1 Å². The lowest BCUT2D eigenvalue weighted by molar-refractivity contribution is -0.141. The molecular weight excluding hydrogens is 245 g/mol. The number of hydrogen-bond donors (Lipinski definition) is 2. The predicted octanol–water partition coefficient (Wildman–Crippen LogP) is 2.80. The van der Waals surface area contributed by atoms with Crippen molar-refractivity contribution in [2.45, 2.75) is 32.6 Å². The van der Waals surface area contributed by atoms with Gasteiger partial charge in [0.1, 0.15) is 5.82 Å². The van der Waals surface area contributed by atoms with Gasteiger partial charge >= 0.3 is 5.97 Å². The molecular formula is C15H22FNO2. The monoisotopic (exact) mass is 267 g/mol. The van der Waals surface area contributed by atoms with Crippen LogP contribution >= 0.6 is 0 Å². The minimum atomic E-state index is -0.772. The standard InChI is InChI=1S/C15H22FNO2/c1-11(14(18)19)7-8-17-10-15(2,3)12-5-4-6-13(16)9-12/h4-6,9,11,17H,7-8,10H2,1-3H3,(H,18,19). The average Bonchev–Trinajstić information content (AvgIpc) is 2.34. The van der Waals surface area contributed by atoms with Gasteiger partial charge in [-0.3, -0.25) is 4.79 Å². The second-order valence-corrected chi connectivity index (χ2v) is 5.60. The molecule has 0 aliphatic rings. The maximum atomic E-state index is 13.2. The fourth-order valence-corrected chi connectivity index (χ4v) is 1.85. The number of aliphatic carboxylic acids is 1. The van der Waals surface area contributed by atoms with E-state index in [9.17, 15) is 9.18 Å². The van der Waals surface area contributed by atoms with Crippen LogP contribution in [-0.4, -0.2) is 24.2 Å². The highest BCUT2D eigenvalue weighted by Gasteiger charge is 2.20. The van der Waals surface area contributed by atoms with E-state index in [2.05, 4.69) is 5.32 Å². The fourth-order valence-electron chi connectivity index (χ4n) is 1.85. The fraction of sp³-hybridized carbons (Fsp3) is 0.533. The van der Waals surface area contributed by atoms with Crippen LogP contribution in [0.15, 0.2) is 24.3 Å². The molecule has 0 aliphatic heterocycles. The smallest absolute Gasteiger partial charge is 0.306 e. The van der Waals surface area contributed by atoms with Gasteiger partial charge in [-0.05, 0) is 30.7 Å². The zero-order chi connectivity index (χ0) is 14.5. The highest BCUT2D eigenvalue weighted by atomic mass is 19.1. The summed E-state index contributed by atoms with van der Waals surface area (Å²) < 4.78 is 13.2. The van der Waals surface area contributed by atoms with Gasteiger partial charge in [-0.2, -0.15) is 0 Å². The molecule has 0 bridgehead atoms. The van der Waals surface area contributed by atoms with Gasteiger partial charge in [-0.15, -0.1) is 0 Å². The Kier molecular flexibility index (Phi) is 5.48. The van der Waals surface area contributed by atoms with Gasteiger partial charge in [0.05, 0.1) is 5.92 Å². The topological polar surface area (TPSA) is 49.3 Å². The van der Waals surface area contributed by atoms with E-state index >= 15 is 0 Å². The Bertz CT molecular complexity index is 432. The van der Waals surface area contributed by atoms with Crippen molar-refractivity contribution in [2.75, 3.05) is 13.1 Å². The molecule has 1 aromatic rings. The second kappa shape index (κ2) is 6.66. The third kappa shape index (κ3) is 4.99. The van der Waals surface area contributed by atoms with Crippen LogP contribution in [0.3, 0.4) is 0 Å². The molecule has 2 N–H and O–H groups in total. The zero-order valence-electron chi connectivity index (χ0n) is 11.7. The molecule has 19 heavy (non-hydrogen) atoms. The first-order chi connectivity index (χ1) is 8.83. The molecule has 3 nitrogen and oxygen atoms in total. The highest BCUT2D eigenvalue weighted by molar-refractivity contribution is 5.69. The van der Waals surface area contributed by atoms with E-state index in [1.807, 2.05) is 19.9 Å². The maximum absolute atomic E-state index is 13.2. The quantitative estimate of drug-likeness (QED) is 0.747. The van der Waals surface area contributed by atoms with E-state index < -0.39 is 5.97 Å². The summed E-state index contributed by atoms with van der Waals surface area (Å²) >= 11 is 0. The lowest BCUT2D eigenvalue weighted by atomic mass is 9.84. The van der Waals surface area contributed by atoms with Crippen molar-refractivity contribution in [1.82, 2.24) is 5.32 Å². The number of rotatable bonds is 7. The first-order valence-corrected chi connectivity index (χ1v) is 6.52. The van der Waals surface area contributed by atoms with Crippen LogP contribution in [0.1, 0.15) is 32.8 Å². The summed E-state index contributed by atoms with van der Waals surface area (Å²) in [5.41, 5.74) is 0.750. The Morgan fingerprint density at radius 1 is 1.47 bits per heavy atom. The normalized spacial score (nSPS) is 13.3. The molecule has 0 radical (unpaired) electrons. The Morgan fingerprint density at radius 2 is 2.16 bits per heavy atom. The lowest BCUT2D eigenvalue weighted by Crippen LogP contribution is -2.34. The van der Waals surface area contributed by atoms with Crippen molar-refractivity contribution < 1.29 is 14.3 Å². The third-order valence-corrected chi connectivity index (χ3v) is 3.35. The summed E-state index contributed by atoms with van der Waals surface area (Å²) in [6.45, 7) is 7.10. The van der Waals surface area contributed by atoms with Crippen LogP contribution in [0.2, 0.25) is 0 Å². The number of halogens is 1. The maximum Gasteiger partial charge on any atom is 0.306 e. The average molecular weight is 267 g/mol. The SMILES string of the molecule is CC(CCNCC(C)(C)c1cccc(F)c1)C(=O)O. The van der Waals surface area contributed by atoms with Crippen molar-refractivity contribution in [3.63, 3.8) is 0 Å². The molecule has 0 aromatic heterocycles. The molecule has 106 valence electrons. The molecule has 0 amide bonds. The predicted molar refractivity (Wildman–Crippen MR) is 73.7 cm³/mol. The summed E-state index contributed by atoms with van der Waals surface area (Å²) in [6.07, 6.45) is 0.592. The summed E-state index contributed by atoms with van der Waals surface area (Å²) in [5, 5.41) is 12.0. The van der Waals surface area contributed by atoms with E-state index in [1.165, 1.54) is 6.07 Å². The molecule has 1 unspecified atom stereocenters. The van der Waals surface area contributed by atoms with Crippen LogP contribution in [0.4, 0.5) is 4.39 Å². The van der Waals surface area contributed by atoms with Crippen LogP contribution < -0.4 is 5.32 Å². The number of benzene rings is 1. The minimum absolute atomic E-state index is 0.186. The molecule has 1 atom stereocenters. The summed E-state index contributed by atoms with van der Waals surface area (Å²) in [6, 6.07) is 6.59. The molecule has 0 heterocycles. The Morgan fingerprint density at radius 3 is 2.74 bits per heavy atom. The van der Waals surface area contributed by atoms with Gasteiger partial charge in [-0.25, -0.2) is 4.39 Å². The summed E-state index contributed by atoms with van der Waals surface area (Å²) in [7, 11) is 0. The molecule has 1 aromatic carbocycles. The summed E-state index contributed by atoms with van der Waals surface area (Å²) in [5.74, 6) is -1.35. The van der Waals surface area contributed by atoms with E-state index in [4.69, 9.17) is 5.11 Å². The molecule has 1 rings (SSSR count). The van der Waals surface area contributed by atoms with E-state index in [-0.39, 0.29) is 17.2 Å². The van der Waals surface area contributed by atoms with Crippen LogP contribution in [0.25, 0.3) is 0 Å². The summed E-state index contributed by atoms with van der Waals surface area (Å²) in [4.78, 5) is 10.7. The van der Waals surface area contributed by atoms with Gasteiger partial charge in [0, 0.05) is 12.0 Å². The van der Waals surface area contributed by atoms with Gasteiger partial charge in [0.25, 0.3) is 0 Å². The molecule has 0 spiro atoms. The van der Waals surface area contributed by atoms with Gasteiger partial charge < -0.3 is 10.4 Å².